The van der Waals surface area contributed by atoms with Crippen molar-refractivity contribution in [3.63, 3.8) is 0 Å². The van der Waals surface area contributed by atoms with Gasteiger partial charge in [-0.05, 0) is 44.2 Å². The number of benzene rings is 1. The quantitative estimate of drug-likeness (QED) is 0.801. The molecule has 0 bridgehead atoms. The number of carbonyl (C=O) groups is 2. The molecule has 1 aliphatic carbocycles. The number of amides is 2. The molecule has 7 heteroatoms. The average molecular weight is 338 g/mol. The molecule has 5 nitrogen and oxygen atoms in total. The highest BCUT2D eigenvalue weighted by Gasteiger charge is 2.45. The van der Waals surface area contributed by atoms with Crippen LogP contribution in [0.25, 0.3) is 0 Å². The van der Waals surface area contributed by atoms with E-state index < -0.39 is 34.9 Å². The van der Waals surface area contributed by atoms with Gasteiger partial charge in [0.05, 0.1) is 12.1 Å². The number of aliphatic hydroxyl groups is 1. The first kappa shape index (κ1) is 16.8. The van der Waals surface area contributed by atoms with Crippen LogP contribution in [-0.4, -0.2) is 35.6 Å². The first-order valence-corrected chi connectivity index (χ1v) is 8.05. The summed E-state index contributed by atoms with van der Waals surface area (Å²) in [6.45, 7) is 1.85. The van der Waals surface area contributed by atoms with Gasteiger partial charge in [0.2, 0.25) is 11.8 Å². The number of nitrogens with one attached hydrogen (secondary N) is 1. The van der Waals surface area contributed by atoms with Gasteiger partial charge in [-0.15, -0.1) is 0 Å². The van der Waals surface area contributed by atoms with Crippen molar-refractivity contribution in [3.05, 3.63) is 29.8 Å². The van der Waals surface area contributed by atoms with Crippen LogP contribution in [-0.2, 0) is 9.59 Å². The van der Waals surface area contributed by atoms with E-state index in [-0.39, 0.29) is 24.8 Å². The van der Waals surface area contributed by atoms with E-state index in [9.17, 15) is 23.5 Å². The maximum Gasteiger partial charge on any atom is 0.239 e. The summed E-state index contributed by atoms with van der Waals surface area (Å²) in [6, 6.07) is 3.23. The summed E-state index contributed by atoms with van der Waals surface area (Å²) in [7, 11) is 0. The Labute approximate surface area is 138 Å². The number of hydrogen-bond acceptors (Lipinski definition) is 3. The van der Waals surface area contributed by atoms with Crippen LogP contribution in [0.5, 0.6) is 0 Å². The third-order valence-electron chi connectivity index (χ3n) is 4.95. The van der Waals surface area contributed by atoms with Crippen LogP contribution in [0, 0.1) is 23.5 Å². The molecular formula is C17H20F2N2O3. The van der Waals surface area contributed by atoms with E-state index in [1.807, 2.05) is 0 Å². The smallest absolute Gasteiger partial charge is 0.239 e. The maximum absolute atomic E-state index is 13.4. The Bertz CT molecular complexity index is 678. The first-order chi connectivity index (χ1) is 11.4. The Morgan fingerprint density at radius 1 is 1.33 bits per heavy atom. The van der Waals surface area contributed by atoms with E-state index in [0.29, 0.717) is 6.42 Å². The monoisotopic (exact) mass is 338 g/mol. The molecule has 1 saturated heterocycles. The van der Waals surface area contributed by atoms with Crippen molar-refractivity contribution in [3.8, 4) is 0 Å². The third kappa shape index (κ3) is 3.00. The highest BCUT2D eigenvalue weighted by Crippen LogP contribution is 2.39. The Morgan fingerprint density at radius 3 is 2.62 bits per heavy atom. The summed E-state index contributed by atoms with van der Waals surface area (Å²) < 4.78 is 26.4. The molecule has 1 aromatic carbocycles. The lowest BCUT2D eigenvalue weighted by Crippen LogP contribution is -2.53. The standard InChI is InChI=1S/C17H20F2N2O3/c1-17(9-22,10-2-3-10)20-15(23)12-6-7-21(16(12)24)11-4-5-13(18)14(19)8-11/h4-5,8,10,12,22H,2-3,6-7,9H2,1H3,(H,20,23). The molecule has 2 amide bonds. The van der Waals surface area contributed by atoms with Crippen molar-refractivity contribution in [1.29, 1.82) is 0 Å². The van der Waals surface area contributed by atoms with Gasteiger partial charge in [0, 0.05) is 18.3 Å². The van der Waals surface area contributed by atoms with E-state index in [1.165, 1.54) is 11.0 Å². The van der Waals surface area contributed by atoms with Crippen molar-refractivity contribution in [1.82, 2.24) is 5.32 Å². The molecule has 1 saturated carbocycles. The number of aliphatic hydroxyl groups excluding tert-OH is 1. The van der Waals surface area contributed by atoms with Crippen LogP contribution in [0.15, 0.2) is 18.2 Å². The molecule has 2 fully saturated rings. The SMILES string of the molecule is CC(CO)(NC(=O)C1CCN(c2ccc(F)c(F)c2)C1=O)C1CC1. The normalized spacial score (nSPS) is 23.2. The van der Waals surface area contributed by atoms with E-state index in [2.05, 4.69) is 5.32 Å². The van der Waals surface area contributed by atoms with Gasteiger partial charge < -0.3 is 15.3 Å². The highest BCUT2D eigenvalue weighted by atomic mass is 19.2. The van der Waals surface area contributed by atoms with E-state index in [4.69, 9.17) is 0 Å². The second-order valence-electron chi connectivity index (χ2n) is 6.77. The molecule has 0 aromatic heterocycles. The summed E-state index contributed by atoms with van der Waals surface area (Å²) >= 11 is 0. The van der Waals surface area contributed by atoms with E-state index in [1.54, 1.807) is 6.92 Å². The Kier molecular flexibility index (Phi) is 4.29. The summed E-state index contributed by atoms with van der Waals surface area (Å²) in [6.07, 6.45) is 2.18. The van der Waals surface area contributed by atoms with Crippen LogP contribution in [0.3, 0.4) is 0 Å². The molecule has 0 spiro atoms. The van der Waals surface area contributed by atoms with Crippen molar-refractivity contribution in [2.24, 2.45) is 11.8 Å². The summed E-state index contributed by atoms with van der Waals surface area (Å²) in [4.78, 5) is 26.2. The minimum atomic E-state index is -1.03. The number of rotatable bonds is 5. The van der Waals surface area contributed by atoms with Gasteiger partial charge in [0.15, 0.2) is 11.6 Å². The highest BCUT2D eigenvalue weighted by molar-refractivity contribution is 6.09. The van der Waals surface area contributed by atoms with Gasteiger partial charge in [0.1, 0.15) is 5.92 Å². The van der Waals surface area contributed by atoms with Gasteiger partial charge >= 0.3 is 0 Å². The van der Waals surface area contributed by atoms with Gasteiger partial charge in [-0.3, -0.25) is 9.59 Å². The molecule has 1 heterocycles. The zero-order valence-corrected chi connectivity index (χ0v) is 13.4. The van der Waals surface area contributed by atoms with Crippen molar-refractivity contribution in [2.75, 3.05) is 18.1 Å². The summed E-state index contributed by atoms with van der Waals surface area (Å²) in [5.41, 5.74) is -0.478. The second-order valence-corrected chi connectivity index (χ2v) is 6.77. The van der Waals surface area contributed by atoms with Gasteiger partial charge in [-0.1, -0.05) is 0 Å². The molecule has 3 rings (SSSR count). The fraction of sp³-hybridized carbons (Fsp3) is 0.529. The fourth-order valence-corrected chi connectivity index (χ4v) is 3.19. The van der Waals surface area contributed by atoms with Gasteiger partial charge in [0.25, 0.3) is 0 Å². The molecule has 24 heavy (non-hydrogen) atoms. The van der Waals surface area contributed by atoms with Crippen molar-refractivity contribution in [2.45, 2.75) is 31.7 Å². The lowest BCUT2D eigenvalue weighted by molar-refractivity contribution is -0.133. The molecule has 2 unspecified atom stereocenters. The molecule has 0 radical (unpaired) electrons. The number of anilines is 1. The Hall–Kier alpha value is -2.02. The number of nitrogens with zero attached hydrogens (tertiary/aromatic N) is 1. The molecule has 1 aliphatic heterocycles. The van der Waals surface area contributed by atoms with Crippen molar-refractivity contribution >= 4 is 17.5 Å². The maximum atomic E-state index is 13.4. The summed E-state index contributed by atoms with van der Waals surface area (Å²) in [5.74, 6) is -3.52. The van der Waals surface area contributed by atoms with Crippen LogP contribution < -0.4 is 10.2 Å². The largest absolute Gasteiger partial charge is 0.394 e. The minimum absolute atomic E-state index is 0.183. The van der Waals surface area contributed by atoms with Crippen molar-refractivity contribution < 1.29 is 23.5 Å². The Balaban J connectivity index is 1.71. The predicted molar refractivity (Wildman–Crippen MR) is 83.2 cm³/mol. The van der Waals surface area contributed by atoms with Gasteiger partial charge in [-0.2, -0.15) is 0 Å². The third-order valence-corrected chi connectivity index (χ3v) is 4.95. The first-order valence-electron chi connectivity index (χ1n) is 8.05. The molecular weight excluding hydrogens is 318 g/mol. The molecule has 1 aromatic rings. The zero-order chi connectivity index (χ0) is 17.5. The average Bonchev–Trinajstić information content (AvgIpc) is 3.33. The minimum Gasteiger partial charge on any atom is -0.394 e. The fourth-order valence-electron chi connectivity index (χ4n) is 3.19. The lowest BCUT2D eigenvalue weighted by Gasteiger charge is -2.30. The van der Waals surface area contributed by atoms with E-state index in [0.717, 1.165) is 25.0 Å². The number of hydrogen-bond donors (Lipinski definition) is 2. The van der Waals surface area contributed by atoms with Crippen LogP contribution >= 0.6 is 0 Å². The van der Waals surface area contributed by atoms with Crippen LogP contribution in [0.1, 0.15) is 26.2 Å². The van der Waals surface area contributed by atoms with E-state index >= 15 is 0 Å². The zero-order valence-electron chi connectivity index (χ0n) is 13.4. The second kappa shape index (κ2) is 6.12. The molecule has 130 valence electrons. The van der Waals surface area contributed by atoms with Crippen LogP contribution in [0.4, 0.5) is 14.5 Å². The lowest BCUT2D eigenvalue weighted by atomic mass is 9.95. The van der Waals surface area contributed by atoms with Gasteiger partial charge in [-0.25, -0.2) is 8.78 Å². The molecule has 2 aliphatic rings. The molecule has 2 atom stereocenters. The number of halogens is 2. The molecule has 2 N–H and O–H groups in total. The predicted octanol–water partition coefficient (Wildman–Crippen LogP) is 1.59. The topological polar surface area (TPSA) is 69.6 Å². The summed E-state index contributed by atoms with van der Waals surface area (Å²) in [5, 5.41) is 12.4. The number of carbonyl (C=O) groups excluding carboxylic acids is 2. The van der Waals surface area contributed by atoms with Crippen LogP contribution in [0.2, 0.25) is 0 Å². The Morgan fingerprint density at radius 2 is 2.04 bits per heavy atom.